The van der Waals surface area contributed by atoms with Gasteiger partial charge >= 0.3 is 5.97 Å². The van der Waals surface area contributed by atoms with Gasteiger partial charge in [-0.2, -0.15) is 4.98 Å². The lowest BCUT2D eigenvalue weighted by Gasteiger charge is -2.27. The third-order valence-electron chi connectivity index (χ3n) is 6.64. The Morgan fingerprint density at radius 3 is 2.80 bits per heavy atom. The van der Waals surface area contributed by atoms with E-state index in [1.807, 2.05) is 13.0 Å². The fourth-order valence-corrected chi connectivity index (χ4v) is 4.55. The second-order valence-electron chi connectivity index (χ2n) is 9.48. The van der Waals surface area contributed by atoms with Gasteiger partial charge in [-0.1, -0.05) is 5.21 Å². The highest BCUT2D eigenvalue weighted by molar-refractivity contribution is 5.70. The van der Waals surface area contributed by atoms with Gasteiger partial charge in [0, 0.05) is 25.4 Å². The molecule has 0 radical (unpaired) electrons. The topological polar surface area (TPSA) is 137 Å². The Hall–Kier alpha value is -4.68. The van der Waals surface area contributed by atoms with Crippen molar-refractivity contribution in [2.45, 2.75) is 45.3 Å². The van der Waals surface area contributed by atoms with Crippen LogP contribution in [0.2, 0.25) is 0 Å². The first-order valence-corrected chi connectivity index (χ1v) is 12.7. The van der Waals surface area contributed by atoms with E-state index in [2.05, 4.69) is 30.6 Å². The molecule has 2 N–H and O–H groups in total. The molecule has 1 aliphatic rings. The van der Waals surface area contributed by atoms with E-state index in [9.17, 15) is 18.7 Å². The van der Waals surface area contributed by atoms with Crippen molar-refractivity contribution in [1.29, 1.82) is 0 Å². The van der Waals surface area contributed by atoms with Crippen LogP contribution in [-0.4, -0.2) is 47.1 Å². The number of ether oxygens (including phenoxy) is 2. The van der Waals surface area contributed by atoms with Crippen molar-refractivity contribution in [3.63, 3.8) is 0 Å². The zero-order valence-electron chi connectivity index (χ0n) is 21.8. The lowest BCUT2D eigenvalue weighted by molar-refractivity contribution is -0.143. The minimum atomic E-state index is -0.785. The summed E-state index contributed by atoms with van der Waals surface area (Å²) in [6, 6.07) is 7.93. The number of carboxylic acids is 1. The van der Waals surface area contributed by atoms with Gasteiger partial charge < -0.3 is 19.9 Å². The predicted octanol–water partition coefficient (Wildman–Crippen LogP) is 4.68. The number of hydrogen-bond acceptors (Lipinski definition) is 9. The molecule has 1 saturated carbocycles. The first kappa shape index (κ1) is 26.9. The van der Waals surface area contributed by atoms with Crippen LogP contribution in [0.5, 0.6) is 17.4 Å². The van der Waals surface area contributed by atoms with Crippen molar-refractivity contribution in [2.24, 2.45) is 13.0 Å². The SMILES string of the molecule is Cc1nc(-c2nnn(C)c2CNc2nccc(Oc3cc(F)ccc3F)n2)ccc1O[C@H]1CCC[C@H](C(=O)O)C1. The molecule has 0 saturated heterocycles. The summed E-state index contributed by atoms with van der Waals surface area (Å²) in [5.74, 6) is -1.99. The first-order chi connectivity index (χ1) is 19.3. The minimum Gasteiger partial charge on any atom is -0.489 e. The van der Waals surface area contributed by atoms with Crippen LogP contribution in [0.1, 0.15) is 37.1 Å². The number of halogens is 2. The predicted molar refractivity (Wildman–Crippen MR) is 139 cm³/mol. The lowest BCUT2D eigenvalue weighted by Crippen LogP contribution is -2.29. The van der Waals surface area contributed by atoms with Crippen molar-refractivity contribution in [2.75, 3.05) is 5.32 Å². The molecule has 0 amide bonds. The summed E-state index contributed by atoms with van der Waals surface area (Å²) in [7, 11) is 1.74. The van der Waals surface area contributed by atoms with E-state index in [1.165, 1.54) is 12.3 Å². The molecule has 11 nitrogen and oxygen atoms in total. The molecule has 1 fully saturated rings. The normalized spacial score (nSPS) is 16.9. The van der Waals surface area contributed by atoms with Crippen LogP contribution in [0.4, 0.5) is 14.7 Å². The van der Waals surface area contributed by atoms with Gasteiger partial charge in [-0.25, -0.2) is 23.4 Å². The summed E-state index contributed by atoms with van der Waals surface area (Å²) < 4.78 is 40.5. The van der Waals surface area contributed by atoms with Crippen LogP contribution in [0.25, 0.3) is 11.4 Å². The molecule has 0 bridgehead atoms. The van der Waals surface area contributed by atoms with E-state index in [0.29, 0.717) is 41.4 Å². The van der Waals surface area contributed by atoms with Gasteiger partial charge in [-0.05, 0) is 56.9 Å². The van der Waals surface area contributed by atoms with Gasteiger partial charge in [-0.15, -0.1) is 5.10 Å². The Morgan fingerprint density at radius 2 is 2.00 bits per heavy atom. The number of pyridine rings is 1. The maximum absolute atomic E-state index is 14.0. The van der Waals surface area contributed by atoms with Crippen molar-refractivity contribution in [3.8, 4) is 28.8 Å². The number of nitrogens with zero attached hydrogens (tertiary/aromatic N) is 6. The third-order valence-corrected chi connectivity index (χ3v) is 6.64. The zero-order valence-corrected chi connectivity index (χ0v) is 21.8. The molecule has 3 aromatic heterocycles. The standard InChI is InChI=1S/C27H27F2N7O4/c1-15-22(39-18-5-3-4-16(12-18)26(37)38)9-8-20(32-15)25-21(36(2)35-34-25)14-31-27-30-11-10-24(33-27)40-23-13-17(28)6-7-19(23)29/h6-11,13,16,18H,3-5,12,14H2,1-2H3,(H,37,38)(H,30,31,33)/t16-,18-/m0/s1. The zero-order chi connectivity index (χ0) is 28.2. The molecule has 5 rings (SSSR count). The lowest BCUT2D eigenvalue weighted by atomic mass is 9.87. The smallest absolute Gasteiger partial charge is 0.306 e. The summed E-state index contributed by atoms with van der Waals surface area (Å²) in [6.07, 6.45) is 4.01. The van der Waals surface area contributed by atoms with E-state index in [0.717, 1.165) is 31.0 Å². The summed E-state index contributed by atoms with van der Waals surface area (Å²) >= 11 is 0. The molecule has 13 heteroatoms. The maximum Gasteiger partial charge on any atom is 0.306 e. The van der Waals surface area contributed by atoms with Gasteiger partial charge in [-0.3, -0.25) is 4.79 Å². The Morgan fingerprint density at radius 1 is 1.15 bits per heavy atom. The average Bonchev–Trinajstić information content (AvgIpc) is 3.31. The molecule has 40 heavy (non-hydrogen) atoms. The fraction of sp³-hybridized carbons (Fsp3) is 0.333. The Labute approximate surface area is 228 Å². The molecule has 4 aromatic rings. The van der Waals surface area contributed by atoms with E-state index < -0.39 is 17.6 Å². The number of anilines is 1. The van der Waals surface area contributed by atoms with Crippen LogP contribution >= 0.6 is 0 Å². The Bertz CT molecular complexity index is 1530. The number of carbonyl (C=O) groups is 1. The minimum absolute atomic E-state index is 0.0332. The fourth-order valence-electron chi connectivity index (χ4n) is 4.55. The van der Waals surface area contributed by atoms with Gasteiger partial charge in [0.15, 0.2) is 11.6 Å². The Balaban J connectivity index is 1.27. The molecule has 3 heterocycles. The molecule has 0 spiro atoms. The number of benzene rings is 1. The van der Waals surface area contributed by atoms with Crippen LogP contribution in [-0.2, 0) is 18.4 Å². The maximum atomic E-state index is 14.0. The number of carboxylic acid groups (broad SMARTS) is 1. The highest BCUT2D eigenvalue weighted by Crippen LogP contribution is 2.31. The highest BCUT2D eigenvalue weighted by atomic mass is 19.1. The molecular formula is C27H27F2N7O4. The van der Waals surface area contributed by atoms with Crippen molar-refractivity contribution < 1.29 is 28.2 Å². The molecule has 2 atom stereocenters. The molecular weight excluding hydrogens is 524 g/mol. The molecule has 0 unspecified atom stereocenters. The second-order valence-corrected chi connectivity index (χ2v) is 9.48. The van der Waals surface area contributed by atoms with Crippen LogP contribution in [0.15, 0.2) is 42.6 Å². The number of rotatable bonds is 9. The van der Waals surface area contributed by atoms with Gasteiger partial charge in [0.05, 0.1) is 35.6 Å². The summed E-state index contributed by atoms with van der Waals surface area (Å²) in [6.45, 7) is 2.06. The van der Waals surface area contributed by atoms with Crippen LogP contribution in [0, 0.1) is 24.5 Å². The van der Waals surface area contributed by atoms with Gasteiger partial charge in [0.1, 0.15) is 17.3 Å². The van der Waals surface area contributed by atoms with Crippen LogP contribution < -0.4 is 14.8 Å². The number of nitrogens with one attached hydrogen (secondary N) is 1. The van der Waals surface area contributed by atoms with Gasteiger partial charge in [0.2, 0.25) is 11.8 Å². The number of aromatic nitrogens is 6. The van der Waals surface area contributed by atoms with Crippen molar-refractivity contribution in [1.82, 2.24) is 29.9 Å². The summed E-state index contributed by atoms with van der Waals surface area (Å²) in [4.78, 5) is 24.4. The number of hydrogen-bond donors (Lipinski definition) is 2. The third kappa shape index (κ3) is 6.14. The van der Waals surface area contributed by atoms with E-state index in [1.54, 1.807) is 17.8 Å². The van der Waals surface area contributed by atoms with E-state index >= 15 is 0 Å². The summed E-state index contributed by atoms with van der Waals surface area (Å²) in [5.41, 5.74) is 2.48. The van der Waals surface area contributed by atoms with Crippen LogP contribution in [0.3, 0.4) is 0 Å². The van der Waals surface area contributed by atoms with E-state index in [4.69, 9.17) is 9.47 Å². The second kappa shape index (κ2) is 11.6. The number of aryl methyl sites for hydroxylation is 2. The first-order valence-electron chi connectivity index (χ1n) is 12.7. The highest BCUT2D eigenvalue weighted by Gasteiger charge is 2.28. The quantitative estimate of drug-likeness (QED) is 0.302. The largest absolute Gasteiger partial charge is 0.489 e. The van der Waals surface area contributed by atoms with Crippen molar-refractivity contribution in [3.05, 3.63) is 65.6 Å². The monoisotopic (exact) mass is 551 g/mol. The average molecular weight is 552 g/mol. The van der Waals surface area contributed by atoms with E-state index in [-0.39, 0.29) is 36.1 Å². The van der Waals surface area contributed by atoms with Gasteiger partial charge in [0.25, 0.3) is 0 Å². The molecule has 0 aliphatic heterocycles. The molecule has 208 valence electrons. The van der Waals surface area contributed by atoms with Crippen molar-refractivity contribution >= 4 is 11.9 Å². The molecule has 1 aromatic carbocycles. The Kier molecular flexibility index (Phi) is 7.80. The molecule has 1 aliphatic carbocycles. The summed E-state index contributed by atoms with van der Waals surface area (Å²) in [5, 5.41) is 20.8. The number of aliphatic carboxylic acids is 1.